The molecule has 25 heavy (non-hydrogen) atoms. The van der Waals surface area contributed by atoms with Gasteiger partial charge in [-0.15, -0.1) is 11.3 Å². The third-order valence-electron chi connectivity index (χ3n) is 3.61. The first-order valence-electron chi connectivity index (χ1n) is 7.53. The summed E-state index contributed by atoms with van der Waals surface area (Å²) in [6.45, 7) is 2.23. The van der Waals surface area contributed by atoms with E-state index in [2.05, 4.69) is 10.4 Å². The second-order valence-electron chi connectivity index (χ2n) is 5.64. The highest BCUT2D eigenvalue weighted by Crippen LogP contribution is 2.28. The van der Waals surface area contributed by atoms with Crippen LogP contribution in [0.25, 0.3) is 0 Å². The van der Waals surface area contributed by atoms with Gasteiger partial charge in [0.2, 0.25) is 9.84 Å². The highest BCUT2D eigenvalue weighted by atomic mass is 32.2. The second kappa shape index (κ2) is 6.81. The molecule has 0 saturated heterocycles. The van der Waals surface area contributed by atoms with Crippen molar-refractivity contribution in [1.82, 2.24) is 15.1 Å². The van der Waals surface area contributed by atoms with E-state index in [1.807, 2.05) is 13.1 Å². The molecule has 2 aromatic heterocycles. The molecule has 0 aliphatic rings. The van der Waals surface area contributed by atoms with Crippen LogP contribution in [0.3, 0.4) is 0 Å². The second-order valence-corrected chi connectivity index (χ2v) is 8.90. The molecule has 1 N–H and O–H groups in total. The van der Waals surface area contributed by atoms with Crippen LogP contribution in [0.2, 0.25) is 0 Å². The zero-order chi connectivity index (χ0) is 18.0. The van der Waals surface area contributed by atoms with Crippen molar-refractivity contribution in [3.8, 4) is 0 Å². The van der Waals surface area contributed by atoms with Crippen LogP contribution >= 0.6 is 11.3 Å². The molecule has 2 heterocycles. The Morgan fingerprint density at radius 3 is 2.56 bits per heavy atom. The van der Waals surface area contributed by atoms with Crippen molar-refractivity contribution < 1.29 is 13.2 Å². The Hall–Kier alpha value is -2.45. The number of nitrogens with zero attached hydrogens (tertiary/aromatic N) is 2. The summed E-state index contributed by atoms with van der Waals surface area (Å²) in [7, 11) is -1.81. The number of aromatic nitrogens is 2. The maximum Gasteiger partial charge on any atom is 0.261 e. The van der Waals surface area contributed by atoms with Gasteiger partial charge < -0.3 is 5.32 Å². The molecule has 130 valence electrons. The molecular weight excluding hydrogens is 358 g/mol. The van der Waals surface area contributed by atoms with E-state index < -0.39 is 9.84 Å². The maximum atomic E-state index is 12.6. The van der Waals surface area contributed by atoms with Gasteiger partial charge in [-0.25, -0.2) is 8.42 Å². The lowest BCUT2D eigenvalue weighted by molar-refractivity contribution is 0.0955. The number of hydrogen-bond acceptors (Lipinski definition) is 5. The SMILES string of the molecule is Cc1ccc(S(=O)(=O)c2ccc(C(=O)NCc3cnn(C)c3)s2)cc1. The summed E-state index contributed by atoms with van der Waals surface area (Å²) in [6.07, 6.45) is 3.48. The summed E-state index contributed by atoms with van der Waals surface area (Å²) in [5, 5.41) is 6.80. The molecule has 0 saturated carbocycles. The lowest BCUT2D eigenvalue weighted by atomic mass is 10.2. The number of aryl methyl sites for hydroxylation is 2. The number of hydrogen-bond donors (Lipinski definition) is 1. The van der Waals surface area contributed by atoms with Crippen molar-refractivity contribution in [2.75, 3.05) is 0 Å². The molecule has 0 unspecified atom stereocenters. The number of benzene rings is 1. The topological polar surface area (TPSA) is 81.1 Å². The highest BCUT2D eigenvalue weighted by Gasteiger charge is 2.21. The van der Waals surface area contributed by atoms with Crippen molar-refractivity contribution in [2.45, 2.75) is 22.6 Å². The summed E-state index contributed by atoms with van der Waals surface area (Å²) >= 11 is 0.966. The van der Waals surface area contributed by atoms with Gasteiger partial charge in [0.1, 0.15) is 4.21 Å². The van der Waals surface area contributed by atoms with Crippen molar-refractivity contribution in [2.24, 2.45) is 7.05 Å². The molecule has 1 amide bonds. The molecule has 0 aliphatic heterocycles. The molecule has 0 radical (unpaired) electrons. The zero-order valence-corrected chi connectivity index (χ0v) is 15.4. The molecule has 8 heteroatoms. The fourth-order valence-electron chi connectivity index (χ4n) is 2.25. The van der Waals surface area contributed by atoms with Gasteiger partial charge >= 0.3 is 0 Å². The van der Waals surface area contributed by atoms with Gasteiger partial charge in [-0.05, 0) is 31.2 Å². The monoisotopic (exact) mass is 375 g/mol. The summed E-state index contributed by atoms with van der Waals surface area (Å²) in [6, 6.07) is 9.66. The van der Waals surface area contributed by atoms with Crippen molar-refractivity contribution >= 4 is 27.1 Å². The first kappa shape index (κ1) is 17.4. The number of nitrogens with one attached hydrogen (secondary N) is 1. The normalized spacial score (nSPS) is 11.4. The van der Waals surface area contributed by atoms with Crippen LogP contribution in [0, 0.1) is 6.92 Å². The van der Waals surface area contributed by atoms with E-state index >= 15 is 0 Å². The van der Waals surface area contributed by atoms with Gasteiger partial charge in [0, 0.05) is 25.4 Å². The van der Waals surface area contributed by atoms with Crippen LogP contribution in [0.5, 0.6) is 0 Å². The first-order chi connectivity index (χ1) is 11.9. The third kappa shape index (κ3) is 3.80. The van der Waals surface area contributed by atoms with E-state index in [0.29, 0.717) is 11.4 Å². The molecule has 3 rings (SSSR count). The van der Waals surface area contributed by atoms with E-state index in [0.717, 1.165) is 22.5 Å². The lowest BCUT2D eigenvalue weighted by Gasteiger charge is -2.02. The van der Waals surface area contributed by atoms with Crippen LogP contribution in [0.15, 0.2) is 57.9 Å². The maximum absolute atomic E-state index is 12.6. The first-order valence-corrected chi connectivity index (χ1v) is 9.83. The highest BCUT2D eigenvalue weighted by molar-refractivity contribution is 7.93. The van der Waals surface area contributed by atoms with Gasteiger partial charge in [0.25, 0.3) is 5.91 Å². The van der Waals surface area contributed by atoms with Crippen LogP contribution in [0.1, 0.15) is 20.8 Å². The number of sulfone groups is 1. The Morgan fingerprint density at radius 2 is 1.92 bits per heavy atom. The fraction of sp³-hybridized carbons (Fsp3) is 0.176. The van der Waals surface area contributed by atoms with E-state index in [9.17, 15) is 13.2 Å². The Kier molecular flexibility index (Phi) is 4.73. The number of thiophene rings is 1. The van der Waals surface area contributed by atoms with Crippen LogP contribution in [-0.2, 0) is 23.4 Å². The Bertz CT molecular complexity index is 1000. The quantitative estimate of drug-likeness (QED) is 0.743. The minimum absolute atomic E-state index is 0.155. The molecular formula is C17H17N3O3S2. The van der Waals surface area contributed by atoms with Crippen LogP contribution < -0.4 is 5.32 Å². The van der Waals surface area contributed by atoms with Gasteiger partial charge in [-0.1, -0.05) is 17.7 Å². The molecule has 0 bridgehead atoms. The van der Waals surface area contributed by atoms with E-state index in [1.54, 1.807) is 42.2 Å². The summed E-state index contributed by atoms with van der Waals surface area (Å²) in [4.78, 5) is 12.8. The predicted octanol–water partition coefficient (Wildman–Crippen LogP) is 2.55. The Morgan fingerprint density at radius 1 is 1.20 bits per heavy atom. The summed E-state index contributed by atoms with van der Waals surface area (Å²) in [5.74, 6) is -0.306. The largest absolute Gasteiger partial charge is 0.347 e. The summed E-state index contributed by atoms with van der Waals surface area (Å²) in [5.41, 5.74) is 1.86. The average molecular weight is 375 g/mol. The molecule has 0 fully saturated rings. The molecule has 0 atom stereocenters. The van der Waals surface area contributed by atoms with E-state index in [1.165, 1.54) is 12.1 Å². The molecule has 3 aromatic rings. The van der Waals surface area contributed by atoms with Crippen LogP contribution in [-0.4, -0.2) is 24.1 Å². The standard InChI is InChI=1S/C17H17N3O3S2/c1-12-3-5-14(6-4-12)25(22,23)16-8-7-15(24-16)17(21)18-9-13-10-19-20(2)11-13/h3-8,10-11H,9H2,1-2H3,(H,18,21). The van der Waals surface area contributed by atoms with Crippen molar-refractivity contribution in [3.63, 3.8) is 0 Å². The number of rotatable bonds is 5. The lowest BCUT2D eigenvalue weighted by Crippen LogP contribution is -2.21. The third-order valence-corrected chi connectivity index (χ3v) is 6.96. The fourth-order valence-corrected chi connectivity index (χ4v) is 4.88. The molecule has 0 spiro atoms. The van der Waals surface area contributed by atoms with Crippen molar-refractivity contribution in [1.29, 1.82) is 0 Å². The van der Waals surface area contributed by atoms with Crippen LogP contribution in [0.4, 0.5) is 0 Å². The zero-order valence-electron chi connectivity index (χ0n) is 13.8. The van der Waals surface area contributed by atoms with E-state index in [-0.39, 0.29) is 15.0 Å². The summed E-state index contributed by atoms with van der Waals surface area (Å²) < 4.78 is 27.1. The van der Waals surface area contributed by atoms with Gasteiger partial charge in [-0.2, -0.15) is 5.10 Å². The minimum atomic E-state index is -3.61. The molecule has 6 nitrogen and oxygen atoms in total. The average Bonchev–Trinajstić information content (AvgIpc) is 3.22. The Labute approximate surface area is 150 Å². The van der Waals surface area contributed by atoms with Gasteiger partial charge in [0.15, 0.2) is 0 Å². The van der Waals surface area contributed by atoms with E-state index in [4.69, 9.17) is 0 Å². The number of carbonyl (C=O) groups is 1. The van der Waals surface area contributed by atoms with Gasteiger partial charge in [0.05, 0.1) is 16.0 Å². The number of amides is 1. The molecule has 1 aromatic carbocycles. The molecule has 0 aliphatic carbocycles. The Balaban J connectivity index is 1.75. The minimum Gasteiger partial charge on any atom is -0.347 e. The van der Waals surface area contributed by atoms with Gasteiger partial charge in [-0.3, -0.25) is 9.48 Å². The number of carbonyl (C=O) groups excluding carboxylic acids is 1. The predicted molar refractivity (Wildman–Crippen MR) is 95.3 cm³/mol. The van der Waals surface area contributed by atoms with Crippen molar-refractivity contribution in [3.05, 3.63) is 64.8 Å². The smallest absolute Gasteiger partial charge is 0.261 e.